The number of halogens is 2. The Morgan fingerprint density at radius 3 is 2.60 bits per heavy atom. The van der Waals surface area contributed by atoms with Gasteiger partial charge in [0.2, 0.25) is 0 Å². The minimum atomic E-state index is -2.76. The van der Waals surface area contributed by atoms with Gasteiger partial charge in [-0.05, 0) is 5.56 Å². The molecule has 1 aromatic heterocycles. The minimum absolute atomic E-state index is 0.0477. The summed E-state index contributed by atoms with van der Waals surface area (Å²) in [6.07, 6.45) is -1.74. The zero-order chi connectivity index (χ0) is 11.4. The van der Waals surface area contributed by atoms with Crippen molar-refractivity contribution in [1.29, 1.82) is 5.26 Å². The van der Waals surface area contributed by atoms with Gasteiger partial charge in [0.25, 0.3) is 6.43 Å². The van der Waals surface area contributed by atoms with Crippen molar-refractivity contribution in [2.75, 3.05) is 0 Å². The number of pyridine rings is 1. The van der Waals surface area contributed by atoms with E-state index in [2.05, 4.69) is 4.98 Å². The van der Waals surface area contributed by atoms with Crippen LogP contribution < -0.4 is 5.73 Å². The monoisotopic (exact) mass is 213 g/mol. The molecule has 1 aromatic rings. The number of aromatic nitrogens is 1. The lowest BCUT2D eigenvalue weighted by atomic mass is 10.0. The topological polar surface area (TPSA) is 82.9 Å². The van der Waals surface area contributed by atoms with Gasteiger partial charge in [0, 0.05) is 18.3 Å². The lowest BCUT2D eigenvalue weighted by Gasteiger charge is -2.11. The van der Waals surface area contributed by atoms with Gasteiger partial charge in [-0.15, -0.1) is 0 Å². The first-order chi connectivity index (χ1) is 7.15. The molecule has 0 aromatic carbocycles. The summed E-state index contributed by atoms with van der Waals surface area (Å²) in [4.78, 5) is 3.46. The molecule has 0 aliphatic rings. The molecule has 4 nitrogen and oxygen atoms in total. The van der Waals surface area contributed by atoms with Gasteiger partial charge in [-0.1, -0.05) is 0 Å². The van der Waals surface area contributed by atoms with Crippen LogP contribution in [0, 0.1) is 11.3 Å². The number of nitrogens with two attached hydrogens (primary N) is 1. The molecule has 0 radical (unpaired) electrons. The molecule has 0 atom stereocenters. The first-order valence-corrected chi connectivity index (χ1v) is 4.15. The number of rotatable bonds is 3. The number of hydrogen-bond acceptors (Lipinski definition) is 4. The lowest BCUT2D eigenvalue weighted by Crippen LogP contribution is -2.10. The molecule has 0 amide bonds. The van der Waals surface area contributed by atoms with Crippen molar-refractivity contribution in [2.45, 2.75) is 19.6 Å². The second-order valence-corrected chi connectivity index (χ2v) is 2.79. The Morgan fingerprint density at radius 1 is 1.53 bits per heavy atom. The maximum atomic E-state index is 12.5. The largest absolute Gasteiger partial charge is 0.392 e. The van der Waals surface area contributed by atoms with E-state index in [0.29, 0.717) is 0 Å². The predicted molar refractivity (Wildman–Crippen MR) is 47.7 cm³/mol. The number of nitriles is 1. The number of aliphatic hydroxyl groups excluding tert-OH is 1. The highest BCUT2D eigenvalue weighted by molar-refractivity contribution is 5.43. The van der Waals surface area contributed by atoms with Gasteiger partial charge in [-0.2, -0.15) is 5.26 Å². The van der Waals surface area contributed by atoms with E-state index in [9.17, 15) is 8.78 Å². The fraction of sp³-hybridized carbons (Fsp3) is 0.333. The molecule has 1 heterocycles. The Kier molecular flexibility index (Phi) is 3.66. The number of aliphatic hydroxyl groups is 1. The Morgan fingerprint density at radius 2 is 2.20 bits per heavy atom. The summed E-state index contributed by atoms with van der Waals surface area (Å²) in [6, 6.07) is 1.76. The number of nitrogens with zero attached hydrogens (tertiary/aromatic N) is 2. The number of alkyl halides is 2. The summed E-state index contributed by atoms with van der Waals surface area (Å²) in [7, 11) is 0. The maximum Gasteiger partial charge on any atom is 0.280 e. The van der Waals surface area contributed by atoms with Gasteiger partial charge in [0.05, 0.1) is 12.2 Å². The van der Waals surface area contributed by atoms with Crippen LogP contribution in [0.4, 0.5) is 8.78 Å². The Balaban J connectivity index is 3.42. The third kappa shape index (κ3) is 2.09. The van der Waals surface area contributed by atoms with E-state index in [4.69, 9.17) is 16.1 Å². The molecule has 1 rings (SSSR count). The molecule has 15 heavy (non-hydrogen) atoms. The van der Waals surface area contributed by atoms with E-state index < -0.39 is 18.7 Å². The van der Waals surface area contributed by atoms with E-state index in [1.54, 1.807) is 6.07 Å². The molecule has 80 valence electrons. The molecular weight excluding hydrogens is 204 g/mol. The van der Waals surface area contributed by atoms with Gasteiger partial charge in [-0.3, -0.25) is 4.98 Å². The predicted octanol–water partition coefficient (Wildman–Crippen LogP) is 0.842. The van der Waals surface area contributed by atoms with Gasteiger partial charge < -0.3 is 10.8 Å². The first-order valence-electron chi connectivity index (χ1n) is 4.15. The highest BCUT2D eigenvalue weighted by atomic mass is 19.3. The quantitative estimate of drug-likeness (QED) is 0.779. The Labute approximate surface area is 85.0 Å². The van der Waals surface area contributed by atoms with Crippen molar-refractivity contribution in [1.82, 2.24) is 4.98 Å². The van der Waals surface area contributed by atoms with Crippen LogP contribution in [0.2, 0.25) is 0 Å². The molecule has 0 aliphatic carbocycles. The summed E-state index contributed by atoms with van der Waals surface area (Å²) >= 11 is 0. The van der Waals surface area contributed by atoms with Crippen LogP contribution in [-0.4, -0.2) is 10.1 Å². The molecule has 0 unspecified atom stereocenters. The normalized spacial score (nSPS) is 10.4. The van der Waals surface area contributed by atoms with Crippen LogP contribution in [0.15, 0.2) is 6.20 Å². The van der Waals surface area contributed by atoms with E-state index in [1.165, 1.54) is 0 Å². The summed E-state index contributed by atoms with van der Waals surface area (Å²) in [6.45, 7) is -0.685. The highest BCUT2D eigenvalue weighted by Gasteiger charge is 2.19. The molecule has 0 aliphatic heterocycles. The third-order valence-electron chi connectivity index (χ3n) is 2.02. The maximum absolute atomic E-state index is 12.5. The summed E-state index contributed by atoms with van der Waals surface area (Å²) in [5.41, 5.74) is 5.07. The van der Waals surface area contributed by atoms with Crippen LogP contribution in [0.3, 0.4) is 0 Å². The zero-order valence-electron chi connectivity index (χ0n) is 7.74. The Hall–Kier alpha value is -1.58. The van der Waals surface area contributed by atoms with Crippen molar-refractivity contribution in [2.24, 2.45) is 5.73 Å². The average molecular weight is 213 g/mol. The van der Waals surface area contributed by atoms with Crippen molar-refractivity contribution in [3.63, 3.8) is 0 Å². The molecule has 0 bridgehead atoms. The van der Waals surface area contributed by atoms with Crippen molar-refractivity contribution in [3.05, 3.63) is 28.6 Å². The summed E-state index contributed by atoms with van der Waals surface area (Å²) in [5, 5.41) is 17.7. The summed E-state index contributed by atoms with van der Waals surface area (Å²) in [5.74, 6) is 0. The van der Waals surface area contributed by atoms with Crippen LogP contribution in [0.25, 0.3) is 0 Å². The van der Waals surface area contributed by atoms with Crippen LogP contribution in [0.1, 0.15) is 28.8 Å². The van der Waals surface area contributed by atoms with Gasteiger partial charge >= 0.3 is 0 Å². The molecule has 0 spiro atoms. The zero-order valence-corrected chi connectivity index (χ0v) is 7.74. The molecular formula is C9H9F2N3O. The standard InChI is InChI=1S/C9H9F2N3O/c10-9(11)8-6(2-13)7(4-15)5(1-12)3-14-8/h3,9,15H,2,4,13H2. The second kappa shape index (κ2) is 4.77. The van der Waals surface area contributed by atoms with E-state index >= 15 is 0 Å². The van der Waals surface area contributed by atoms with Crippen LogP contribution >= 0.6 is 0 Å². The van der Waals surface area contributed by atoms with Gasteiger partial charge in [0.15, 0.2) is 0 Å². The smallest absolute Gasteiger partial charge is 0.280 e. The molecule has 0 fully saturated rings. The fourth-order valence-electron chi connectivity index (χ4n) is 1.30. The highest BCUT2D eigenvalue weighted by Crippen LogP contribution is 2.25. The van der Waals surface area contributed by atoms with Crippen molar-refractivity contribution in [3.8, 4) is 6.07 Å². The SMILES string of the molecule is N#Cc1cnc(C(F)F)c(CN)c1CO. The Bertz CT molecular complexity index is 401. The number of hydrogen-bond donors (Lipinski definition) is 2. The van der Waals surface area contributed by atoms with Crippen LogP contribution in [0.5, 0.6) is 0 Å². The van der Waals surface area contributed by atoms with E-state index in [0.717, 1.165) is 6.20 Å². The van der Waals surface area contributed by atoms with Gasteiger partial charge in [-0.25, -0.2) is 8.78 Å². The van der Waals surface area contributed by atoms with Crippen LogP contribution in [-0.2, 0) is 13.2 Å². The summed E-state index contributed by atoms with van der Waals surface area (Å²) < 4.78 is 25.0. The molecule has 3 N–H and O–H groups in total. The lowest BCUT2D eigenvalue weighted by molar-refractivity contribution is 0.144. The molecule has 6 heteroatoms. The van der Waals surface area contributed by atoms with E-state index in [-0.39, 0.29) is 23.2 Å². The molecule has 0 saturated carbocycles. The van der Waals surface area contributed by atoms with E-state index in [1.807, 2.05) is 0 Å². The second-order valence-electron chi connectivity index (χ2n) is 2.79. The third-order valence-corrected chi connectivity index (χ3v) is 2.02. The van der Waals surface area contributed by atoms with Crippen molar-refractivity contribution < 1.29 is 13.9 Å². The minimum Gasteiger partial charge on any atom is -0.392 e. The van der Waals surface area contributed by atoms with Gasteiger partial charge in [0.1, 0.15) is 11.8 Å². The fourth-order valence-corrected chi connectivity index (χ4v) is 1.30. The molecule has 0 saturated heterocycles. The average Bonchev–Trinajstić information content (AvgIpc) is 2.26. The van der Waals surface area contributed by atoms with Crippen molar-refractivity contribution >= 4 is 0 Å². The first kappa shape index (κ1) is 11.5.